The molecule has 5 nitrogen and oxygen atoms in total. The lowest BCUT2D eigenvalue weighted by atomic mass is 10.4. The van der Waals surface area contributed by atoms with E-state index in [4.69, 9.17) is 0 Å². The number of amides is 1. The standard InChI is InChI=1S/C15H23BrN4OS/c1-2-17-15(19-11-12-6-7-13(16)22-12)18-8-4-10-20-9-3-5-14(20)21/h6-7H,2-5,8-11H2,1H3,(H2,17,18,19). The predicted octanol–water partition coefficient (Wildman–Crippen LogP) is 2.58. The molecular weight excluding hydrogens is 364 g/mol. The summed E-state index contributed by atoms with van der Waals surface area (Å²) in [7, 11) is 0. The maximum atomic E-state index is 11.5. The first kappa shape index (κ1) is 17.3. The van der Waals surface area contributed by atoms with E-state index < -0.39 is 0 Å². The van der Waals surface area contributed by atoms with Gasteiger partial charge in [-0.15, -0.1) is 11.3 Å². The molecule has 1 aromatic rings. The van der Waals surface area contributed by atoms with Gasteiger partial charge < -0.3 is 15.5 Å². The summed E-state index contributed by atoms with van der Waals surface area (Å²) in [6.07, 6.45) is 2.67. The van der Waals surface area contributed by atoms with Crippen LogP contribution in [-0.4, -0.2) is 42.9 Å². The van der Waals surface area contributed by atoms with Crippen LogP contribution in [0.3, 0.4) is 0 Å². The maximum absolute atomic E-state index is 11.5. The van der Waals surface area contributed by atoms with E-state index >= 15 is 0 Å². The minimum Gasteiger partial charge on any atom is -0.357 e. The summed E-state index contributed by atoms with van der Waals surface area (Å²) in [6, 6.07) is 4.13. The Morgan fingerprint density at radius 2 is 2.32 bits per heavy atom. The SMILES string of the molecule is CCNC(=NCc1ccc(Br)s1)NCCCN1CCCC1=O. The van der Waals surface area contributed by atoms with E-state index in [9.17, 15) is 4.79 Å². The number of hydrogen-bond donors (Lipinski definition) is 2. The summed E-state index contributed by atoms with van der Waals surface area (Å²) in [6.45, 7) is 6.15. The van der Waals surface area contributed by atoms with Crippen molar-refractivity contribution < 1.29 is 4.79 Å². The molecule has 0 saturated carbocycles. The molecule has 1 aliphatic rings. The molecule has 1 amide bonds. The number of hydrogen-bond acceptors (Lipinski definition) is 3. The smallest absolute Gasteiger partial charge is 0.222 e. The molecule has 122 valence electrons. The number of nitrogens with zero attached hydrogens (tertiary/aromatic N) is 2. The van der Waals surface area contributed by atoms with Crippen molar-refractivity contribution in [1.82, 2.24) is 15.5 Å². The molecule has 0 atom stereocenters. The van der Waals surface area contributed by atoms with Crippen molar-refractivity contribution in [1.29, 1.82) is 0 Å². The van der Waals surface area contributed by atoms with Gasteiger partial charge in [-0.3, -0.25) is 4.79 Å². The number of likely N-dealkylation sites (tertiary alicyclic amines) is 1. The average Bonchev–Trinajstić information content (AvgIpc) is 3.09. The summed E-state index contributed by atoms with van der Waals surface area (Å²) in [5.74, 6) is 1.13. The highest BCUT2D eigenvalue weighted by Gasteiger charge is 2.18. The monoisotopic (exact) mass is 386 g/mol. The molecule has 0 aromatic carbocycles. The Kier molecular flexibility index (Phi) is 7.18. The van der Waals surface area contributed by atoms with E-state index in [1.807, 2.05) is 11.0 Å². The molecule has 0 aliphatic carbocycles. The molecule has 0 bridgehead atoms. The van der Waals surface area contributed by atoms with Gasteiger partial charge in [0.15, 0.2) is 5.96 Å². The molecular formula is C15H23BrN4OS. The topological polar surface area (TPSA) is 56.7 Å². The van der Waals surface area contributed by atoms with Gasteiger partial charge in [-0.05, 0) is 47.8 Å². The highest BCUT2D eigenvalue weighted by Crippen LogP contribution is 2.22. The first-order valence-corrected chi connectivity index (χ1v) is 9.34. The highest BCUT2D eigenvalue weighted by atomic mass is 79.9. The molecule has 2 heterocycles. The van der Waals surface area contributed by atoms with Crippen LogP contribution in [0.2, 0.25) is 0 Å². The second-order valence-corrected chi connectivity index (χ2v) is 7.71. The van der Waals surface area contributed by atoms with Gasteiger partial charge in [0.2, 0.25) is 5.91 Å². The number of carbonyl (C=O) groups is 1. The van der Waals surface area contributed by atoms with Crippen molar-refractivity contribution in [3.05, 3.63) is 20.8 Å². The third kappa shape index (κ3) is 5.61. The van der Waals surface area contributed by atoms with E-state index in [-0.39, 0.29) is 0 Å². The minimum absolute atomic E-state index is 0.295. The number of aliphatic imine (C=N–C) groups is 1. The normalized spacial score (nSPS) is 15.5. The van der Waals surface area contributed by atoms with Gasteiger partial charge in [0.1, 0.15) is 0 Å². The zero-order valence-electron chi connectivity index (χ0n) is 12.9. The lowest BCUT2D eigenvalue weighted by molar-refractivity contribution is -0.127. The molecule has 1 fully saturated rings. The fraction of sp³-hybridized carbons (Fsp3) is 0.600. The van der Waals surface area contributed by atoms with Gasteiger partial charge in [-0.1, -0.05) is 0 Å². The molecule has 0 spiro atoms. The molecule has 0 unspecified atom stereocenters. The zero-order chi connectivity index (χ0) is 15.8. The molecule has 1 aliphatic heterocycles. The van der Waals surface area contributed by atoms with Crippen LogP contribution < -0.4 is 10.6 Å². The number of thiophene rings is 1. The first-order valence-electron chi connectivity index (χ1n) is 7.73. The van der Waals surface area contributed by atoms with E-state index in [0.717, 1.165) is 48.8 Å². The van der Waals surface area contributed by atoms with Crippen molar-refractivity contribution >= 4 is 39.1 Å². The van der Waals surface area contributed by atoms with E-state index in [2.05, 4.69) is 44.5 Å². The fourth-order valence-corrected chi connectivity index (χ4v) is 3.76. The third-order valence-electron chi connectivity index (χ3n) is 3.43. The summed E-state index contributed by atoms with van der Waals surface area (Å²) in [4.78, 5) is 19.3. The fourth-order valence-electron chi connectivity index (χ4n) is 2.35. The van der Waals surface area contributed by atoms with Crippen LogP contribution in [0, 0.1) is 0 Å². The number of nitrogens with one attached hydrogen (secondary N) is 2. The molecule has 2 rings (SSSR count). The number of rotatable bonds is 7. The second kappa shape index (κ2) is 9.15. The van der Waals surface area contributed by atoms with Crippen LogP contribution in [0.4, 0.5) is 0 Å². The number of guanidine groups is 1. The van der Waals surface area contributed by atoms with Gasteiger partial charge in [-0.25, -0.2) is 4.99 Å². The van der Waals surface area contributed by atoms with E-state index in [0.29, 0.717) is 18.9 Å². The van der Waals surface area contributed by atoms with Crippen molar-refractivity contribution in [2.75, 3.05) is 26.2 Å². The van der Waals surface area contributed by atoms with Gasteiger partial charge in [-0.2, -0.15) is 0 Å². The largest absolute Gasteiger partial charge is 0.357 e. The minimum atomic E-state index is 0.295. The molecule has 1 saturated heterocycles. The third-order valence-corrected chi connectivity index (χ3v) is 5.04. The van der Waals surface area contributed by atoms with E-state index in [1.54, 1.807) is 11.3 Å². The second-order valence-electron chi connectivity index (χ2n) is 5.17. The lowest BCUT2D eigenvalue weighted by Crippen LogP contribution is -2.38. The first-order chi connectivity index (χ1) is 10.7. The van der Waals surface area contributed by atoms with Crippen molar-refractivity contribution in [3.63, 3.8) is 0 Å². The molecule has 1 aromatic heterocycles. The highest BCUT2D eigenvalue weighted by molar-refractivity contribution is 9.11. The Bertz CT molecular complexity index is 517. The molecule has 2 N–H and O–H groups in total. The van der Waals surface area contributed by atoms with Gasteiger partial charge >= 0.3 is 0 Å². The maximum Gasteiger partial charge on any atom is 0.222 e. The summed E-state index contributed by atoms with van der Waals surface area (Å²) < 4.78 is 1.13. The molecule has 22 heavy (non-hydrogen) atoms. The van der Waals surface area contributed by atoms with Crippen LogP contribution in [-0.2, 0) is 11.3 Å². The Balaban J connectivity index is 1.72. The van der Waals surface area contributed by atoms with Crippen LogP contribution in [0.25, 0.3) is 0 Å². The molecule has 0 radical (unpaired) electrons. The van der Waals surface area contributed by atoms with Crippen LogP contribution in [0.1, 0.15) is 31.1 Å². The van der Waals surface area contributed by atoms with Gasteiger partial charge in [0.05, 0.1) is 10.3 Å². The Morgan fingerprint density at radius 3 is 2.95 bits per heavy atom. The Labute approximate surface area is 144 Å². The Hall–Kier alpha value is -1.08. The van der Waals surface area contributed by atoms with E-state index in [1.165, 1.54) is 4.88 Å². The van der Waals surface area contributed by atoms with Crippen molar-refractivity contribution in [2.45, 2.75) is 32.7 Å². The van der Waals surface area contributed by atoms with Crippen LogP contribution in [0.15, 0.2) is 20.9 Å². The van der Waals surface area contributed by atoms with Gasteiger partial charge in [0, 0.05) is 37.5 Å². The quantitative estimate of drug-likeness (QED) is 0.430. The Morgan fingerprint density at radius 1 is 1.45 bits per heavy atom. The average molecular weight is 387 g/mol. The van der Waals surface area contributed by atoms with Gasteiger partial charge in [0.25, 0.3) is 0 Å². The molecule has 7 heteroatoms. The lowest BCUT2D eigenvalue weighted by Gasteiger charge is -2.16. The van der Waals surface area contributed by atoms with Crippen molar-refractivity contribution in [3.8, 4) is 0 Å². The number of carbonyl (C=O) groups excluding carboxylic acids is 1. The summed E-state index contributed by atoms with van der Waals surface area (Å²) >= 11 is 5.17. The van der Waals surface area contributed by atoms with Crippen molar-refractivity contribution in [2.24, 2.45) is 4.99 Å². The van der Waals surface area contributed by atoms with Crippen LogP contribution in [0.5, 0.6) is 0 Å². The van der Waals surface area contributed by atoms with Crippen LogP contribution >= 0.6 is 27.3 Å². The summed E-state index contributed by atoms with van der Waals surface area (Å²) in [5, 5.41) is 6.58. The zero-order valence-corrected chi connectivity index (χ0v) is 15.3. The predicted molar refractivity (Wildman–Crippen MR) is 95.3 cm³/mol. The summed E-state index contributed by atoms with van der Waals surface area (Å²) in [5.41, 5.74) is 0. The number of halogens is 1.